The van der Waals surface area contributed by atoms with Gasteiger partial charge in [0.2, 0.25) is 0 Å². The van der Waals surface area contributed by atoms with E-state index in [-0.39, 0.29) is 0 Å². The van der Waals surface area contributed by atoms with E-state index in [9.17, 15) is 30.6 Å². The lowest BCUT2D eigenvalue weighted by molar-refractivity contribution is 0.381. The van der Waals surface area contributed by atoms with E-state index in [0.717, 1.165) is 0 Å². The normalized spacial score (nSPS) is 12.3. The molecule has 1 aromatic heterocycles. The summed E-state index contributed by atoms with van der Waals surface area (Å²) in [4.78, 5) is 0.934. The van der Waals surface area contributed by atoms with Crippen LogP contribution in [-0.4, -0.2) is 14.9 Å². The minimum atomic E-state index is -2.49. The van der Waals surface area contributed by atoms with Crippen molar-refractivity contribution in [1.82, 2.24) is 4.98 Å². The quantitative estimate of drug-likeness (QED) is 0.630. The topological polar surface area (TPSA) is 30.0 Å². The Bertz CT molecular complexity index is 488. The van der Waals surface area contributed by atoms with Crippen molar-refractivity contribution < 1.29 is 30.6 Å². The summed E-state index contributed by atoms with van der Waals surface area (Å²) >= 11 is 0. The Balaban J connectivity index is 3.02. The zero-order valence-electron chi connectivity index (χ0n) is 8.52. The zero-order chi connectivity index (χ0) is 13.9. The van der Waals surface area contributed by atoms with Gasteiger partial charge in [-0.25, -0.2) is 8.78 Å². The van der Waals surface area contributed by atoms with Gasteiger partial charge in [-0.15, -0.1) is 0 Å². The molecule has 0 N–H and O–H groups in total. The fraction of sp³-hybridized carbons (Fsp3) is 0.222. The molecule has 0 amide bonds. The second-order valence-electron chi connectivity index (χ2n) is 2.98. The third kappa shape index (κ3) is 3.31. The van der Waals surface area contributed by atoms with E-state index in [0.29, 0.717) is 6.08 Å². The van der Waals surface area contributed by atoms with Gasteiger partial charge in [0, 0.05) is 5.75 Å². The Morgan fingerprint density at radius 2 is 1.61 bits per heavy atom. The monoisotopic (exact) mass is 289 g/mol. The van der Waals surface area contributed by atoms with Gasteiger partial charge in [0.1, 0.15) is 4.90 Å². The maximum Gasteiger partial charge on any atom is 0.266 e. The van der Waals surface area contributed by atoms with Gasteiger partial charge in [-0.2, -0.15) is 22.5 Å². The largest absolute Gasteiger partial charge is 0.266 e. The Kier molecular flexibility index (Phi) is 4.88. The molecule has 0 spiro atoms. The fourth-order valence-corrected chi connectivity index (χ4v) is 2.15. The minimum Gasteiger partial charge on any atom is -0.254 e. The fourth-order valence-electron chi connectivity index (χ4n) is 1.05. The molecule has 0 aliphatic rings. The highest BCUT2D eigenvalue weighted by Gasteiger charge is 2.24. The first-order chi connectivity index (χ1) is 8.34. The number of aromatic nitrogens is 1. The summed E-state index contributed by atoms with van der Waals surface area (Å²) in [6.45, 7) is 0. The highest BCUT2D eigenvalue weighted by atomic mass is 32.2. The Hall–Kier alpha value is -1.38. The lowest BCUT2D eigenvalue weighted by atomic mass is 10.4. The lowest BCUT2D eigenvalue weighted by Crippen LogP contribution is -2.10. The average Bonchev–Trinajstić information content (AvgIpc) is 2.26. The first kappa shape index (κ1) is 14.7. The van der Waals surface area contributed by atoms with Crippen molar-refractivity contribution in [3.63, 3.8) is 0 Å². The van der Waals surface area contributed by atoms with Crippen molar-refractivity contribution in [3.05, 3.63) is 35.7 Å². The molecule has 2 nitrogen and oxygen atoms in total. The number of hydrogen-bond acceptors (Lipinski definition) is 2. The zero-order valence-corrected chi connectivity index (χ0v) is 9.34. The maximum atomic E-state index is 13.1. The van der Waals surface area contributed by atoms with Crippen molar-refractivity contribution >= 4 is 10.8 Å². The Morgan fingerprint density at radius 3 is 2.06 bits per heavy atom. The van der Waals surface area contributed by atoms with Gasteiger partial charge < -0.3 is 0 Å². The molecule has 0 aliphatic heterocycles. The van der Waals surface area contributed by atoms with E-state index in [4.69, 9.17) is 0 Å². The summed E-state index contributed by atoms with van der Waals surface area (Å²) in [6.07, 6.45) is -2.14. The predicted molar refractivity (Wildman–Crippen MR) is 50.3 cm³/mol. The molecular formula is C9H5F6NOS. The van der Waals surface area contributed by atoms with E-state index in [1.54, 1.807) is 0 Å². The van der Waals surface area contributed by atoms with Crippen LogP contribution in [0.1, 0.15) is 6.42 Å². The number of nitrogens with zero attached hydrogens (tertiary/aromatic N) is 1. The standard InChI is InChI=1S/C9H5F6NOS/c10-4(11)2-1-3-18(17)7-5(12)8(14)16-9(15)6(7)13/h2H,1,3H2. The van der Waals surface area contributed by atoms with Crippen LogP contribution in [0.3, 0.4) is 0 Å². The van der Waals surface area contributed by atoms with Crippen LogP contribution >= 0.6 is 0 Å². The summed E-state index contributed by atoms with van der Waals surface area (Å²) in [7, 11) is -2.49. The second-order valence-corrected chi connectivity index (χ2v) is 4.49. The number of pyridine rings is 1. The van der Waals surface area contributed by atoms with Crippen LogP contribution in [0.4, 0.5) is 26.3 Å². The van der Waals surface area contributed by atoms with Crippen molar-refractivity contribution in [2.75, 3.05) is 5.75 Å². The minimum absolute atomic E-state index is 0.377. The smallest absolute Gasteiger partial charge is 0.254 e. The first-order valence-corrected chi connectivity index (χ1v) is 5.76. The van der Waals surface area contributed by atoms with Crippen LogP contribution in [0.15, 0.2) is 17.1 Å². The molecule has 0 saturated heterocycles. The number of rotatable bonds is 4. The summed E-state index contributed by atoms with van der Waals surface area (Å²) in [6, 6.07) is 0. The van der Waals surface area contributed by atoms with Gasteiger partial charge in [0.05, 0.1) is 10.8 Å². The SMILES string of the molecule is O=S(CCC=C(F)F)c1c(F)c(F)nc(F)c1F. The molecule has 100 valence electrons. The molecule has 1 rings (SSSR count). The number of hydrogen-bond donors (Lipinski definition) is 0. The van der Waals surface area contributed by atoms with E-state index >= 15 is 0 Å². The van der Waals surface area contributed by atoms with E-state index in [1.165, 1.54) is 0 Å². The predicted octanol–water partition coefficient (Wildman–Crippen LogP) is 2.92. The number of halogens is 6. The molecule has 0 aromatic carbocycles. The van der Waals surface area contributed by atoms with Crippen LogP contribution in [0.2, 0.25) is 0 Å². The van der Waals surface area contributed by atoms with Gasteiger partial charge in [0.25, 0.3) is 18.0 Å². The molecule has 1 heterocycles. The summed E-state index contributed by atoms with van der Waals surface area (Å²) in [5.74, 6) is -8.27. The molecule has 18 heavy (non-hydrogen) atoms. The van der Waals surface area contributed by atoms with Crippen LogP contribution in [0.25, 0.3) is 0 Å². The van der Waals surface area contributed by atoms with Gasteiger partial charge in [-0.1, -0.05) is 0 Å². The van der Waals surface area contributed by atoms with E-state index in [2.05, 4.69) is 4.98 Å². The average molecular weight is 289 g/mol. The van der Waals surface area contributed by atoms with Crippen LogP contribution in [-0.2, 0) is 10.8 Å². The van der Waals surface area contributed by atoms with Gasteiger partial charge in [-0.3, -0.25) is 4.21 Å². The highest BCUT2D eigenvalue weighted by Crippen LogP contribution is 2.21. The molecule has 1 unspecified atom stereocenters. The molecule has 0 radical (unpaired) electrons. The maximum absolute atomic E-state index is 13.1. The lowest BCUT2D eigenvalue weighted by Gasteiger charge is -2.04. The summed E-state index contributed by atoms with van der Waals surface area (Å²) in [5, 5.41) is 0. The third-order valence-electron chi connectivity index (χ3n) is 1.79. The molecule has 0 bridgehead atoms. The van der Waals surface area contributed by atoms with Crippen molar-refractivity contribution in [2.45, 2.75) is 11.3 Å². The van der Waals surface area contributed by atoms with Gasteiger partial charge >= 0.3 is 0 Å². The molecule has 0 saturated carbocycles. The molecule has 1 atom stereocenters. The molecular weight excluding hydrogens is 284 g/mol. The van der Waals surface area contributed by atoms with Crippen molar-refractivity contribution in [3.8, 4) is 0 Å². The van der Waals surface area contributed by atoms with Gasteiger partial charge in [-0.05, 0) is 12.5 Å². The molecule has 1 aromatic rings. The van der Waals surface area contributed by atoms with Crippen molar-refractivity contribution in [1.29, 1.82) is 0 Å². The Labute approximate surface area is 99.8 Å². The van der Waals surface area contributed by atoms with Crippen LogP contribution in [0.5, 0.6) is 0 Å². The van der Waals surface area contributed by atoms with Crippen molar-refractivity contribution in [2.24, 2.45) is 0 Å². The molecule has 0 aliphatic carbocycles. The van der Waals surface area contributed by atoms with E-state index < -0.39 is 57.5 Å². The van der Waals surface area contributed by atoms with Crippen LogP contribution in [0, 0.1) is 23.5 Å². The number of allylic oxidation sites excluding steroid dienone is 1. The second kappa shape index (κ2) is 5.98. The summed E-state index contributed by atoms with van der Waals surface area (Å²) in [5.41, 5.74) is 0. The summed E-state index contributed by atoms with van der Waals surface area (Å²) < 4.78 is 86.2. The van der Waals surface area contributed by atoms with Crippen LogP contribution < -0.4 is 0 Å². The van der Waals surface area contributed by atoms with Gasteiger partial charge in [0.15, 0.2) is 11.6 Å². The Morgan fingerprint density at radius 1 is 1.11 bits per heavy atom. The highest BCUT2D eigenvalue weighted by molar-refractivity contribution is 7.85. The molecule has 9 heteroatoms. The first-order valence-electron chi connectivity index (χ1n) is 4.44. The van der Waals surface area contributed by atoms with E-state index in [1.807, 2.05) is 0 Å². The third-order valence-corrected chi connectivity index (χ3v) is 3.21. The molecule has 0 fully saturated rings.